The number of hydrogen-bond donors (Lipinski definition) is 0. The van der Waals surface area contributed by atoms with E-state index in [1.807, 2.05) is 19.1 Å². The average Bonchev–Trinajstić information content (AvgIpc) is 3.06. The molecule has 0 aliphatic carbocycles. The van der Waals surface area contributed by atoms with Crippen LogP contribution in [0.1, 0.15) is 27.2 Å². The number of nitrogens with zero attached hydrogens (tertiary/aromatic N) is 3. The molecule has 2 heterocycles. The van der Waals surface area contributed by atoms with E-state index in [0.29, 0.717) is 24.4 Å². The fourth-order valence-electron chi connectivity index (χ4n) is 1.75. The van der Waals surface area contributed by atoms with Gasteiger partial charge < -0.3 is 4.90 Å². The molecule has 0 bridgehead atoms. The minimum atomic E-state index is -0.0544. The van der Waals surface area contributed by atoms with Gasteiger partial charge in [-0.15, -0.1) is 23.0 Å². The number of amides is 1. The van der Waals surface area contributed by atoms with Crippen molar-refractivity contribution in [2.75, 3.05) is 6.54 Å². The van der Waals surface area contributed by atoms with Crippen LogP contribution >= 0.6 is 34.5 Å². The van der Waals surface area contributed by atoms with Gasteiger partial charge in [0.2, 0.25) is 0 Å². The first kappa shape index (κ1) is 15.2. The van der Waals surface area contributed by atoms with Gasteiger partial charge in [0.05, 0.1) is 16.6 Å². The number of hydrogen-bond acceptors (Lipinski definition) is 5. The van der Waals surface area contributed by atoms with Crippen LogP contribution in [-0.2, 0) is 13.0 Å². The van der Waals surface area contributed by atoms with Crippen molar-refractivity contribution in [1.29, 1.82) is 0 Å². The van der Waals surface area contributed by atoms with E-state index in [9.17, 15) is 4.79 Å². The first-order chi connectivity index (χ1) is 9.65. The number of rotatable bonds is 6. The summed E-state index contributed by atoms with van der Waals surface area (Å²) in [4.78, 5) is 15.9. The van der Waals surface area contributed by atoms with Crippen molar-refractivity contribution in [1.82, 2.24) is 14.5 Å². The van der Waals surface area contributed by atoms with E-state index in [4.69, 9.17) is 11.6 Å². The molecule has 20 heavy (non-hydrogen) atoms. The largest absolute Gasteiger partial charge is 0.329 e. The molecular formula is C13H14ClN3OS2. The molecule has 2 rings (SSSR count). The summed E-state index contributed by atoms with van der Waals surface area (Å²) in [5.41, 5.74) is 0.748. The monoisotopic (exact) mass is 327 g/mol. The number of aryl methyl sites for hydroxylation is 1. The summed E-state index contributed by atoms with van der Waals surface area (Å²) in [6, 6.07) is 3.77. The van der Waals surface area contributed by atoms with E-state index in [-0.39, 0.29) is 5.91 Å². The maximum absolute atomic E-state index is 12.6. The van der Waals surface area contributed by atoms with Crippen LogP contribution in [0.4, 0.5) is 0 Å². The third-order valence-corrected chi connectivity index (χ3v) is 4.67. The third kappa shape index (κ3) is 3.45. The van der Waals surface area contributed by atoms with Gasteiger partial charge in [0, 0.05) is 11.4 Å². The molecule has 0 N–H and O–H groups in total. The number of carbonyl (C=O) groups is 1. The highest BCUT2D eigenvalue weighted by Gasteiger charge is 2.21. The minimum absolute atomic E-state index is 0.0544. The SMILES string of the molecule is C=CCN(Cc1ccc(Cl)s1)C(=O)c1snnc1CC. The Morgan fingerprint density at radius 1 is 1.55 bits per heavy atom. The first-order valence-electron chi connectivity index (χ1n) is 6.11. The van der Waals surface area contributed by atoms with Crippen molar-refractivity contribution in [2.45, 2.75) is 19.9 Å². The Kier molecular flexibility index (Phi) is 5.28. The molecule has 0 atom stereocenters. The predicted octanol–water partition coefficient (Wildman–Crippen LogP) is 3.64. The molecule has 2 aromatic heterocycles. The van der Waals surface area contributed by atoms with Gasteiger partial charge in [-0.2, -0.15) is 0 Å². The molecule has 7 heteroatoms. The van der Waals surface area contributed by atoms with Crippen LogP contribution in [0.15, 0.2) is 24.8 Å². The third-order valence-electron chi connectivity index (χ3n) is 2.70. The van der Waals surface area contributed by atoms with Crippen LogP contribution in [-0.4, -0.2) is 26.9 Å². The standard InChI is InChI=1S/C13H14ClN3OS2/c1-3-7-17(8-9-5-6-11(14)19-9)13(18)12-10(4-2)15-16-20-12/h3,5-6H,1,4,7-8H2,2H3. The van der Waals surface area contributed by atoms with Crippen molar-refractivity contribution in [2.24, 2.45) is 0 Å². The second kappa shape index (κ2) is 6.97. The Bertz CT molecular complexity index is 608. The fraction of sp³-hybridized carbons (Fsp3) is 0.308. The molecule has 0 spiro atoms. The van der Waals surface area contributed by atoms with Gasteiger partial charge in [0.1, 0.15) is 4.88 Å². The smallest absolute Gasteiger partial charge is 0.268 e. The molecule has 0 saturated heterocycles. The Labute approximate surface area is 130 Å². The zero-order valence-electron chi connectivity index (χ0n) is 11.0. The molecule has 0 aromatic carbocycles. The first-order valence-corrected chi connectivity index (χ1v) is 8.08. The summed E-state index contributed by atoms with van der Waals surface area (Å²) >= 11 is 8.54. The lowest BCUT2D eigenvalue weighted by Crippen LogP contribution is -2.30. The van der Waals surface area contributed by atoms with Crippen LogP contribution in [0.3, 0.4) is 0 Å². The summed E-state index contributed by atoms with van der Waals surface area (Å²) in [5.74, 6) is -0.0544. The molecule has 0 aliphatic heterocycles. The van der Waals surface area contributed by atoms with Gasteiger partial charge in [-0.05, 0) is 30.1 Å². The molecule has 2 aromatic rings. The zero-order chi connectivity index (χ0) is 14.5. The van der Waals surface area contributed by atoms with Gasteiger partial charge in [-0.3, -0.25) is 4.79 Å². The summed E-state index contributed by atoms with van der Waals surface area (Å²) in [5, 5.41) is 3.99. The van der Waals surface area contributed by atoms with E-state index in [1.54, 1.807) is 11.0 Å². The number of thiophene rings is 1. The fourth-order valence-corrected chi connectivity index (χ4v) is 3.57. The van der Waals surface area contributed by atoms with Crippen molar-refractivity contribution in [3.63, 3.8) is 0 Å². The summed E-state index contributed by atoms with van der Waals surface area (Å²) < 4.78 is 4.59. The van der Waals surface area contributed by atoms with Gasteiger partial charge in [-0.25, -0.2) is 0 Å². The Hall–Kier alpha value is -1.24. The van der Waals surface area contributed by atoms with Crippen LogP contribution in [0, 0.1) is 0 Å². The Balaban J connectivity index is 2.19. The van der Waals surface area contributed by atoms with Crippen LogP contribution in [0.2, 0.25) is 4.34 Å². The number of halogens is 1. The number of carbonyl (C=O) groups excluding carboxylic acids is 1. The molecule has 0 saturated carbocycles. The summed E-state index contributed by atoms with van der Waals surface area (Å²) in [6.45, 7) is 6.67. The molecule has 0 radical (unpaired) electrons. The highest BCUT2D eigenvalue weighted by atomic mass is 35.5. The van der Waals surface area contributed by atoms with Crippen molar-refractivity contribution >= 4 is 40.4 Å². The van der Waals surface area contributed by atoms with E-state index in [2.05, 4.69) is 16.2 Å². The van der Waals surface area contributed by atoms with Crippen molar-refractivity contribution < 1.29 is 4.79 Å². The lowest BCUT2D eigenvalue weighted by Gasteiger charge is -2.19. The van der Waals surface area contributed by atoms with Gasteiger partial charge in [-0.1, -0.05) is 29.1 Å². The van der Waals surface area contributed by atoms with E-state index in [1.165, 1.54) is 11.3 Å². The van der Waals surface area contributed by atoms with Crippen LogP contribution in [0.5, 0.6) is 0 Å². The summed E-state index contributed by atoms with van der Waals surface area (Å²) in [6.07, 6.45) is 2.41. The Morgan fingerprint density at radius 3 is 2.95 bits per heavy atom. The van der Waals surface area contributed by atoms with Gasteiger partial charge >= 0.3 is 0 Å². The van der Waals surface area contributed by atoms with Gasteiger partial charge in [0.15, 0.2) is 0 Å². The topological polar surface area (TPSA) is 46.1 Å². The lowest BCUT2D eigenvalue weighted by atomic mass is 10.2. The van der Waals surface area contributed by atoms with E-state index < -0.39 is 0 Å². The lowest BCUT2D eigenvalue weighted by molar-refractivity contribution is 0.0768. The molecule has 106 valence electrons. The molecule has 4 nitrogen and oxygen atoms in total. The predicted molar refractivity (Wildman–Crippen MR) is 83.6 cm³/mol. The van der Waals surface area contributed by atoms with E-state index in [0.717, 1.165) is 26.4 Å². The summed E-state index contributed by atoms with van der Waals surface area (Å²) in [7, 11) is 0. The zero-order valence-corrected chi connectivity index (χ0v) is 13.4. The normalized spacial score (nSPS) is 10.5. The maximum Gasteiger partial charge on any atom is 0.268 e. The molecular weight excluding hydrogens is 314 g/mol. The van der Waals surface area contributed by atoms with Crippen molar-refractivity contribution in [3.05, 3.63) is 44.6 Å². The Morgan fingerprint density at radius 2 is 2.35 bits per heavy atom. The second-order valence-corrected chi connectivity index (χ2v) is 6.64. The quantitative estimate of drug-likeness (QED) is 0.761. The highest BCUT2D eigenvalue weighted by molar-refractivity contribution is 7.16. The van der Waals surface area contributed by atoms with Crippen LogP contribution in [0.25, 0.3) is 0 Å². The minimum Gasteiger partial charge on any atom is -0.329 e. The maximum atomic E-state index is 12.6. The van der Waals surface area contributed by atoms with Gasteiger partial charge in [0.25, 0.3) is 5.91 Å². The van der Waals surface area contributed by atoms with Crippen LogP contribution < -0.4 is 0 Å². The molecule has 0 aliphatic rings. The van der Waals surface area contributed by atoms with E-state index >= 15 is 0 Å². The highest BCUT2D eigenvalue weighted by Crippen LogP contribution is 2.24. The second-order valence-electron chi connectivity index (χ2n) is 4.08. The molecule has 0 unspecified atom stereocenters. The molecule has 1 amide bonds. The van der Waals surface area contributed by atoms with Crippen molar-refractivity contribution in [3.8, 4) is 0 Å². The average molecular weight is 328 g/mol. The number of aromatic nitrogens is 2. The molecule has 0 fully saturated rings.